The fourth-order valence-corrected chi connectivity index (χ4v) is 3.36. The molecule has 22 heavy (non-hydrogen) atoms. The largest absolute Gasteiger partial charge is 0.388 e. The maximum absolute atomic E-state index is 10.2. The normalized spacial score (nSPS) is 28.0. The molecular weight excluding hydrogens is 380 g/mol. The predicted octanol–water partition coefficient (Wildman–Crippen LogP) is 1.78. The Labute approximate surface area is 137 Å². The molecule has 0 radical (unpaired) electrons. The molecule has 1 saturated heterocycles. The van der Waals surface area contributed by atoms with E-state index in [4.69, 9.17) is 21.9 Å². The lowest BCUT2D eigenvalue weighted by atomic mass is 10.1. The summed E-state index contributed by atoms with van der Waals surface area (Å²) in [5, 5.41) is 24.4. The smallest absolute Gasteiger partial charge is 0.164 e. The summed E-state index contributed by atoms with van der Waals surface area (Å²) in [4.78, 5) is 10.7. The molecule has 0 aliphatic carbocycles. The highest BCUT2D eigenvalue weighted by molar-refractivity contribution is 9.10. The van der Waals surface area contributed by atoms with Gasteiger partial charge >= 0.3 is 0 Å². The minimum Gasteiger partial charge on any atom is -0.388 e. The Kier molecular flexibility index (Phi) is 4.22. The second-order valence-electron chi connectivity index (χ2n) is 4.71. The van der Waals surface area contributed by atoms with E-state index in [2.05, 4.69) is 35.9 Å². The number of fused-ring (bicyclic) bond motifs is 1. The van der Waals surface area contributed by atoms with Crippen LogP contribution >= 0.6 is 27.5 Å². The summed E-state index contributed by atoms with van der Waals surface area (Å²) in [5.41, 5.74) is 8.80. The summed E-state index contributed by atoms with van der Waals surface area (Å²) < 4.78 is 7.80. The van der Waals surface area contributed by atoms with E-state index in [0.717, 1.165) is 0 Å². The number of aromatic nitrogens is 3. The Balaban J connectivity index is 2.01. The van der Waals surface area contributed by atoms with Crippen LogP contribution < -0.4 is 0 Å². The molecule has 0 saturated carbocycles. The highest BCUT2D eigenvalue weighted by Crippen LogP contribution is 2.36. The van der Waals surface area contributed by atoms with Crippen molar-refractivity contribution in [2.24, 2.45) is 5.11 Å². The standard InChI is InChI=1S/C11H10BrClN6O3/c12-4-2-19(10-6(4)9(13)15-3-16-10)11-8(21)7(20)5(22-11)1-17-18-14/h2-3,5,7-8,11,20-21H,1H2/t5-,7-,8-,11?/m1/s1. The van der Waals surface area contributed by atoms with Crippen molar-refractivity contribution in [3.05, 3.63) is 32.6 Å². The fraction of sp³-hybridized carbons (Fsp3) is 0.455. The molecule has 1 aliphatic heterocycles. The van der Waals surface area contributed by atoms with Gasteiger partial charge in [-0.3, -0.25) is 0 Å². The highest BCUT2D eigenvalue weighted by Gasteiger charge is 2.43. The Morgan fingerprint density at radius 2 is 2.23 bits per heavy atom. The Bertz CT molecular complexity index is 764. The molecule has 2 aromatic rings. The monoisotopic (exact) mass is 388 g/mol. The van der Waals surface area contributed by atoms with E-state index < -0.39 is 24.5 Å². The number of azide groups is 1. The van der Waals surface area contributed by atoms with Gasteiger partial charge in [0, 0.05) is 15.6 Å². The molecule has 11 heteroatoms. The molecule has 0 aromatic carbocycles. The SMILES string of the molecule is [N-]=[N+]=NC[C@H]1OC(n2cc(Br)c3c(Cl)ncnc32)[C@H](O)[C@@H]1O. The number of rotatable bonds is 3. The molecule has 9 nitrogen and oxygen atoms in total. The molecule has 3 rings (SSSR count). The molecule has 0 bridgehead atoms. The summed E-state index contributed by atoms with van der Waals surface area (Å²) in [7, 11) is 0. The lowest BCUT2D eigenvalue weighted by molar-refractivity contribution is -0.0319. The zero-order valence-corrected chi connectivity index (χ0v) is 13.3. The maximum atomic E-state index is 10.2. The summed E-state index contributed by atoms with van der Waals surface area (Å²) in [6.07, 6.45) is -1.12. The average molecular weight is 390 g/mol. The third-order valence-corrected chi connectivity index (χ3v) is 4.34. The number of hydrogen-bond donors (Lipinski definition) is 2. The van der Waals surface area contributed by atoms with Crippen molar-refractivity contribution < 1.29 is 14.9 Å². The first-order valence-corrected chi connectivity index (χ1v) is 7.40. The summed E-state index contributed by atoms with van der Waals surface area (Å²) in [5.74, 6) is 0. The number of aliphatic hydroxyl groups excluding tert-OH is 2. The van der Waals surface area contributed by atoms with Gasteiger partial charge in [-0.15, -0.1) is 0 Å². The van der Waals surface area contributed by atoms with Gasteiger partial charge in [0.15, 0.2) is 6.23 Å². The highest BCUT2D eigenvalue weighted by atomic mass is 79.9. The second kappa shape index (κ2) is 5.99. The van der Waals surface area contributed by atoms with Gasteiger partial charge in [0.25, 0.3) is 0 Å². The van der Waals surface area contributed by atoms with Crippen molar-refractivity contribution >= 4 is 38.6 Å². The van der Waals surface area contributed by atoms with Gasteiger partial charge in [0.2, 0.25) is 0 Å². The molecular formula is C11H10BrClN6O3. The third-order valence-electron chi connectivity index (χ3n) is 3.45. The van der Waals surface area contributed by atoms with E-state index in [1.54, 1.807) is 10.8 Å². The quantitative estimate of drug-likeness (QED) is 0.358. The van der Waals surface area contributed by atoms with Gasteiger partial charge in [0.1, 0.15) is 29.3 Å². The first-order chi connectivity index (χ1) is 10.5. The van der Waals surface area contributed by atoms with Crippen LogP contribution in [0.4, 0.5) is 0 Å². The van der Waals surface area contributed by atoms with Crippen LogP contribution in [0.5, 0.6) is 0 Å². The van der Waals surface area contributed by atoms with Crippen molar-refractivity contribution in [2.75, 3.05) is 6.54 Å². The molecule has 3 heterocycles. The lowest BCUT2D eigenvalue weighted by Crippen LogP contribution is -2.32. The van der Waals surface area contributed by atoms with Gasteiger partial charge in [0.05, 0.1) is 18.0 Å². The minimum atomic E-state index is -1.20. The summed E-state index contributed by atoms with van der Waals surface area (Å²) >= 11 is 9.40. The van der Waals surface area contributed by atoms with Crippen molar-refractivity contribution in [2.45, 2.75) is 24.5 Å². The maximum Gasteiger partial charge on any atom is 0.164 e. The van der Waals surface area contributed by atoms with E-state index in [0.29, 0.717) is 15.5 Å². The summed E-state index contributed by atoms with van der Waals surface area (Å²) in [6.45, 7) is -0.0820. The van der Waals surface area contributed by atoms with Gasteiger partial charge in [-0.05, 0) is 21.5 Å². The molecule has 1 fully saturated rings. The second-order valence-corrected chi connectivity index (χ2v) is 5.92. The molecule has 2 aromatic heterocycles. The van der Waals surface area contributed by atoms with Crippen LogP contribution in [-0.2, 0) is 4.74 Å². The molecule has 0 amide bonds. The number of halogens is 2. The van der Waals surface area contributed by atoms with Crippen molar-refractivity contribution in [3.63, 3.8) is 0 Å². The van der Waals surface area contributed by atoms with Gasteiger partial charge in [-0.2, -0.15) is 0 Å². The Morgan fingerprint density at radius 1 is 1.45 bits per heavy atom. The van der Waals surface area contributed by atoms with E-state index >= 15 is 0 Å². The van der Waals surface area contributed by atoms with Crippen LogP contribution in [0, 0.1) is 0 Å². The van der Waals surface area contributed by atoms with Crippen LogP contribution in [0.25, 0.3) is 21.5 Å². The van der Waals surface area contributed by atoms with Crippen LogP contribution in [0.15, 0.2) is 22.1 Å². The molecule has 1 unspecified atom stereocenters. The van der Waals surface area contributed by atoms with Crippen LogP contribution in [0.2, 0.25) is 5.15 Å². The number of hydrogen-bond acceptors (Lipinski definition) is 6. The molecule has 2 N–H and O–H groups in total. The average Bonchev–Trinajstić information content (AvgIpc) is 2.97. The van der Waals surface area contributed by atoms with Crippen molar-refractivity contribution in [1.82, 2.24) is 14.5 Å². The molecule has 1 aliphatic rings. The fourth-order valence-electron chi connectivity index (χ4n) is 2.43. The van der Waals surface area contributed by atoms with Crippen molar-refractivity contribution in [3.8, 4) is 0 Å². The van der Waals surface area contributed by atoms with Gasteiger partial charge < -0.3 is 19.5 Å². The molecule has 0 spiro atoms. The van der Waals surface area contributed by atoms with Gasteiger partial charge in [-0.1, -0.05) is 16.7 Å². The van der Waals surface area contributed by atoms with E-state index in [-0.39, 0.29) is 11.7 Å². The number of ether oxygens (including phenoxy) is 1. The molecule has 116 valence electrons. The van der Waals surface area contributed by atoms with Crippen molar-refractivity contribution in [1.29, 1.82) is 0 Å². The zero-order chi connectivity index (χ0) is 15.9. The van der Waals surface area contributed by atoms with E-state index in [9.17, 15) is 10.2 Å². The van der Waals surface area contributed by atoms with E-state index in [1.165, 1.54) is 6.33 Å². The van der Waals surface area contributed by atoms with Crippen LogP contribution in [0.3, 0.4) is 0 Å². The lowest BCUT2D eigenvalue weighted by Gasteiger charge is -2.17. The molecule has 4 atom stereocenters. The van der Waals surface area contributed by atoms with Crippen LogP contribution in [-0.4, -0.2) is 49.6 Å². The predicted molar refractivity (Wildman–Crippen MR) is 80.2 cm³/mol. The minimum absolute atomic E-state index is 0.0820. The van der Waals surface area contributed by atoms with Crippen LogP contribution in [0.1, 0.15) is 6.23 Å². The number of aliphatic hydroxyl groups is 2. The first-order valence-electron chi connectivity index (χ1n) is 6.23. The topological polar surface area (TPSA) is 129 Å². The third kappa shape index (κ3) is 2.43. The van der Waals surface area contributed by atoms with Gasteiger partial charge in [-0.25, -0.2) is 9.97 Å². The Hall–Kier alpha value is -1.42. The first kappa shape index (κ1) is 15.5. The zero-order valence-electron chi connectivity index (χ0n) is 10.9. The number of nitrogens with zero attached hydrogens (tertiary/aromatic N) is 6. The summed E-state index contributed by atoms with van der Waals surface area (Å²) in [6, 6.07) is 0. The van der Waals surface area contributed by atoms with E-state index in [1.807, 2.05) is 0 Å². The Morgan fingerprint density at radius 3 is 2.95 bits per heavy atom.